The van der Waals surface area contributed by atoms with Crippen LogP contribution >= 0.6 is 11.6 Å². The van der Waals surface area contributed by atoms with Crippen molar-refractivity contribution in [1.82, 2.24) is 5.32 Å². The van der Waals surface area contributed by atoms with Crippen LogP contribution in [0.3, 0.4) is 0 Å². The quantitative estimate of drug-likeness (QED) is 0.810. The topological polar surface area (TPSA) is 35.5 Å². The first-order valence-corrected chi connectivity index (χ1v) is 7.21. The fraction of sp³-hybridized carbons (Fsp3) is 0.571. The molecule has 1 aromatic rings. The number of hydrogen-bond donors (Lipinski definition) is 2. The molecule has 3 nitrogen and oxygen atoms in total. The van der Waals surface area contributed by atoms with E-state index >= 15 is 0 Å². The molecule has 0 spiro atoms. The van der Waals surface area contributed by atoms with Crippen LogP contribution in [0.4, 0.5) is 18.9 Å². The van der Waals surface area contributed by atoms with E-state index in [-0.39, 0.29) is 13.2 Å². The standard InChI is InChI=1S/C14H18ClF3N2O/c15-11-1-4-13(10(7-11)8-19-12-2-3-12)20(5-6-21)9-14(16,17)18/h1,4,7,12,19,21H,2-3,5-6,8-9H2. The molecule has 1 aromatic carbocycles. The van der Waals surface area contributed by atoms with Crippen molar-refractivity contribution in [2.45, 2.75) is 31.6 Å². The maximum Gasteiger partial charge on any atom is 0.405 e. The number of hydrogen-bond acceptors (Lipinski definition) is 3. The summed E-state index contributed by atoms with van der Waals surface area (Å²) in [5.74, 6) is 0. The van der Waals surface area contributed by atoms with Gasteiger partial charge in [0, 0.05) is 29.8 Å². The Hall–Kier alpha value is -0.980. The number of rotatable bonds is 7. The number of nitrogens with one attached hydrogen (secondary N) is 1. The molecule has 7 heteroatoms. The summed E-state index contributed by atoms with van der Waals surface area (Å²) >= 11 is 5.94. The molecule has 0 radical (unpaired) electrons. The Morgan fingerprint density at radius 3 is 2.62 bits per heavy atom. The van der Waals surface area contributed by atoms with Crippen LogP contribution in [0, 0.1) is 0 Å². The Balaban J connectivity index is 2.19. The van der Waals surface area contributed by atoms with Crippen molar-refractivity contribution in [2.75, 3.05) is 24.6 Å². The smallest absolute Gasteiger partial charge is 0.395 e. The maximum absolute atomic E-state index is 12.7. The van der Waals surface area contributed by atoms with Crippen molar-refractivity contribution in [2.24, 2.45) is 0 Å². The molecule has 0 saturated heterocycles. The average molecular weight is 323 g/mol. The minimum atomic E-state index is -4.32. The van der Waals surface area contributed by atoms with Gasteiger partial charge in [0.15, 0.2) is 0 Å². The van der Waals surface area contributed by atoms with Crippen molar-refractivity contribution in [3.05, 3.63) is 28.8 Å². The molecule has 118 valence electrons. The molecule has 0 aromatic heterocycles. The number of alkyl halides is 3. The Kier molecular flexibility index (Phi) is 5.35. The van der Waals surface area contributed by atoms with Crippen LogP contribution in [0.2, 0.25) is 5.02 Å². The first kappa shape index (κ1) is 16.4. The van der Waals surface area contributed by atoms with Crippen LogP contribution in [0.25, 0.3) is 0 Å². The zero-order valence-corrected chi connectivity index (χ0v) is 12.2. The number of halogens is 4. The van der Waals surface area contributed by atoms with E-state index in [4.69, 9.17) is 16.7 Å². The first-order valence-electron chi connectivity index (χ1n) is 6.83. The monoisotopic (exact) mass is 322 g/mol. The summed E-state index contributed by atoms with van der Waals surface area (Å²) in [6.07, 6.45) is -2.13. The minimum absolute atomic E-state index is 0.0719. The number of aliphatic hydroxyl groups excluding tert-OH is 1. The zero-order valence-electron chi connectivity index (χ0n) is 11.5. The predicted octanol–water partition coefficient (Wildman–Crippen LogP) is 2.95. The second-order valence-electron chi connectivity index (χ2n) is 5.19. The molecule has 0 heterocycles. The highest BCUT2D eigenvalue weighted by Gasteiger charge is 2.31. The zero-order chi connectivity index (χ0) is 15.5. The summed E-state index contributed by atoms with van der Waals surface area (Å²) < 4.78 is 38.1. The third kappa shape index (κ3) is 5.37. The molecule has 21 heavy (non-hydrogen) atoms. The van der Waals surface area contributed by atoms with Gasteiger partial charge in [-0.05, 0) is 36.6 Å². The van der Waals surface area contributed by atoms with E-state index in [9.17, 15) is 13.2 Å². The lowest BCUT2D eigenvalue weighted by molar-refractivity contribution is -0.119. The Labute approximate surface area is 126 Å². The molecular weight excluding hydrogens is 305 g/mol. The second-order valence-corrected chi connectivity index (χ2v) is 5.62. The lowest BCUT2D eigenvalue weighted by atomic mass is 10.1. The molecule has 1 aliphatic rings. The second kappa shape index (κ2) is 6.85. The molecule has 2 rings (SSSR count). The molecular formula is C14H18ClF3N2O. The van der Waals surface area contributed by atoms with E-state index in [1.54, 1.807) is 18.2 Å². The van der Waals surface area contributed by atoms with Gasteiger partial charge in [-0.25, -0.2) is 0 Å². The summed E-state index contributed by atoms with van der Waals surface area (Å²) in [6, 6.07) is 5.27. The molecule has 1 fully saturated rings. The fourth-order valence-corrected chi connectivity index (χ4v) is 2.36. The highest BCUT2D eigenvalue weighted by molar-refractivity contribution is 6.30. The summed E-state index contributed by atoms with van der Waals surface area (Å²) in [7, 11) is 0. The minimum Gasteiger partial charge on any atom is -0.395 e. The third-order valence-corrected chi connectivity index (χ3v) is 3.52. The molecule has 0 atom stereocenters. The van der Waals surface area contributed by atoms with Gasteiger partial charge in [-0.3, -0.25) is 0 Å². The largest absolute Gasteiger partial charge is 0.405 e. The maximum atomic E-state index is 12.7. The van der Waals surface area contributed by atoms with Gasteiger partial charge < -0.3 is 15.3 Å². The van der Waals surface area contributed by atoms with Crippen LogP contribution in [-0.4, -0.2) is 37.0 Å². The Bertz CT molecular complexity index is 478. The average Bonchev–Trinajstić information content (AvgIpc) is 3.18. The molecule has 0 aliphatic heterocycles. The van der Waals surface area contributed by atoms with Crippen LogP contribution in [0.15, 0.2) is 18.2 Å². The SMILES string of the molecule is OCCN(CC(F)(F)F)c1ccc(Cl)cc1CNC1CC1. The number of aliphatic hydroxyl groups is 1. The van der Waals surface area contributed by atoms with E-state index in [1.807, 2.05) is 0 Å². The summed E-state index contributed by atoms with van der Waals surface area (Å²) in [5, 5.41) is 12.8. The Morgan fingerprint density at radius 1 is 1.33 bits per heavy atom. The summed E-state index contributed by atoms with van der Waals surface area (Å²) in [5.41, 5.74) is 1.17. The van der Waals surface area contributed by atoms with Crippen molar-refractivity contribution in [3.8, 4) is 0 Å². The van der Waals surface area contributed by atoms with E-state index in [0.717, 1.165) is 17.7 Å². The highest BCUT2D eigenvalue weighted by Crippen LogP contribution is 2.28. The van der Waals surface area contributed by atoms with E-state index < -0.39 is 12.7 Å². The Morgan fingerprint density at radius 2 is 2.05 bits per heavy atom. The van der Waals surface area contributed by atoms with Crippen molar-refractivity contribution < 1.29 is 18.3 Å². The van der Waals surface area contributed by atoms with Gasteiger partial charge in [-0.1, -0.05) is 11.6 Å². The van der Waals surface area contributed by atoms with Crippen LogP contribution < -0.4 is 10.2 Å². The molecule has 0 bridgehead atoms. The molecule has 1 saturated carbocycles. The van der Waals surface area contributed by atoms with Gasteiger partial charge in [0.25, 0.3) is 0 Å². The van der Waals surface area contributed by atoms with E-state index in [0.29, 0.717) is 28.9 Å². The number of benzene rings is 1. The molecule has 0 amide bonds. The highest BCUT2D eigenvalue weighted by atomic mass is 35.5. The van der Waals surface area contributed by atoms with Crippen molar-refractivity contribution >= 4 is 17.3 Å². The fourth-order valence-electron chi connectivity index (χ4n) is 2.17. The van der Waals surface area contributed by atoms with Crippen molar-refractivity contribution in [1.29, 1.82) is 0 Å². The van der Waals surface area contributed by atoms with Gasteiger partial charge in [0.05, 0.1) is 6.61 Å². The summed E-state index contributed by atoms with van der Waals surface area (Å²) in [6.45, 7) is -1.03. The number of anilines is 1. The van der Waals surface area contributed by atoms with Gasteiger partial charge in [0.2, 0.25) is 0 Å². The number of nitrogens with zero attached hydrogens (tertiary/aromatic N) is 1. The summed E-state index contributed by atoms with van der Waals surface area (Å²) in [4.78, 5) is 1.14. The van der Waals surface area contributed by atoms with Crippen LogP contribution in [-0.2, 0) is 6.54 Å². The van der Waals surface area contributed by atoms with Gasteiger partial charge >= 0.3 is 6.18 Å². The van der Waals surface area contributed by atoms with Gasteiger partial charge in [-0.2, -0.15) is 13.2 Å². The normalized spacial score (nSPS) is 15.3. The first-order chi connectivity index (χ1) is 9.89. The van der Waals surface area contributed by atoms with E-state index in [1.165, 1.54) is 0 Å². The molecule has 1 aliphatic carbocycles. The van der Waals surface area contributed by atoms with Crippen molar-refractivity contribution in [3.63, 3.8) is 0 Å². The van der Waals surface area contributed by atoms with E-state index in [2.05, 4.69) is 5.32 Å². The van der Waals surface area contributed by atoms with Crippen LogP contribution in [0.1, 0.15) is 18.4 Å². The predicted molar refractivity (Wildman–Crippen MR) is 76.7 cm³/mol. The van der Waals surface area contributed by atoms with Crippen LogP contribution in [0.5, 0.6) is 0 Å². The lowest BCUT2D eigenvalue weighted by Gasteiger charge is -2.27. The van der Waals surface area contributed by atoms with Gasteiger partial charge in [-0.15, -0.1) is 0 Å². The molecule has 2 N–H and O–H groups in total. The molecule has 0 unspecified atom stereocenters. The lowest BCUT2D eigenvalue weighted by Crippen LogP contribution is -2.37. The van der Waals surface area contributed by atoms with Gasteiger partial charge in [0.1, 0.15) is 6.54 Å². The third-order valence-electron chi connectivity index (χ3n) is 3.28.